The number of nitro groups is 1. The fraction of sp³-hybridized carbons (Fsp3) is 0.381. The van der Waals surface area contributed by atoms with Crippen molar-refractivity contribution in [2.45, 2.75) is 6.54 Å². The zero-order valence-corrected chi connectivity index (χ0v) is 16.9. The van der Waals surface area contributed by atoms with Crippen molar-refractivity contribution in [1.82, 2.24) is 5.32 Å². The molecule has 3 rings (SSSR count). The lowest BCUT2D eigenvalue weighted by Crippen LogP contribution is -3.15. The molecular weight excluding hydrogens is 370 g/mol. The molecule has 0 aromatic heterocycles. The number of amides is 1. The van der Waals surface area contributed by atoms with Crippen LogP contribution in [0.4, 0.5) is 17.1 Å². The van der Waals surface area contributed by atoms with Crippen molar-refractivity contribution in [3.05, 3.63) is 64.2 Å². The number of nitro benzene ring substituents is 1. The number of nitrogens with one attached hydrogen (secondary N) is 2. The standard InChI is InChI=1S/C21H27N5O3/c1-23(2)18-5-3-17(4-6-18)15-22-21(27)16-24-11-13-25(14-12-24)19-7-9-20(10-8-19)26(28)29/h3-10H,11-16H2,1-2H3,(H,22,27)/p+1. The average Bonchev–Trinajstić information content (AvgIpc) is 2.73. The largest absolute Gasteiger partial charge is 0.378 e. The number of nitrogens with zero attached hydrogens (tertiary/aromatic N) is 3. The molecule has 0 radical (unpaired) electrons. The number of carbonyl (C=O) groups excluding carboxylic acids is 1. The van der Waals surface area contributed by atoms with Gasteiger partial charge in [-0.05, 0) is 29.8 Å². The predicted molar refractivity (Wildman–Crippen MR) is 113 cm³/mol. The molecule has 154 valence electrons. The monoisotopic (exact) mass is 398 g/mol. The van der Waals surface area contributed by atoms with Crippen molar-refractivity contribution in [1.29, 1.82) is 0 Å². The highest BCUT2D eigenvalue weighted by molar-refractivity contribution is 5.76. The van der Waals surface area contributed by atoms with Crippen LogP contribution >= 0.6 is 0 Å². The smallest absolute Gasteiger partial charge is 0.275 e. The van der Waals surface area contributed by atoms with Crippen LogP contribution in [-0.2, 0) is 11.3 Å². The van der Waals surface area contributed by atoms with Crippen molar-refractivity contribution in [2.24, 2.45) is 0 Å². The summed E-state index contributed by atoms with van der Waals surface area (Å²) in [4.78, 5) is 28.2. The van der Waals surface area contributed by atoms with Crippen molar-refractivity contribution >= 4 is 23.0 Å². The highest BCUT2D eigenvalue weighted by Crippen LogP contribution is 2.19. The van der Waals surface area contributed by atoms with Crippen LogP contribution in [-0.4, -0.2) is 57.6 Å². The van der Waals surface area contributed by atoms with Gasteiger partial charge in [0.2, 0.25) is 0 Å². The third-order valence-corrected chi connectivity index (χ3v) is 5.25. The third-order valence-electron chi connectivity index (χ3n) is 5.25. The lowest BCUT2D eigenvalue weighted by atomic mass is 10.2. The number of piperazine rings is 1. The number of benzene rings is 2. The minimum atomic E-state index is -0.388. The molecule has 0 bridgehead atoms. The van der Waals surface area contributed by atoms with Gasteiger partial charge in [-0.1, -0.05) is 12.1 Å². The van der Waals surface area contributed by atoms with Crippen LogP contribution < -0.4 is 20.0 Å². The van der Waals surface area contributed by atoms with Crippen LogP contribution in [0.2, 0.25) is 0 Å². The first-order chi connectivity index (χ1) is 13.9. The Kier molecular flexibility index (Phi) is 6.66. The molecule has 2 aromatic rings. The molecule has 1 aliphatic rings. The first-order valence-corrected chi connectivity index (χ1v) is 9.78. The molecular formula is C21H28N5O3+. The minimum absolute atomic E-state index is 0.0560. The first kappa shape index (κ1) is 20.6. The van der Waals surface area contributed by atoms with E-state index in [4.69, 9.17) is 0 Å². The van der Waals surface area contributed by atoms with Gasteiger partial charge >= 0.3 is 0 Å². The maximum Gasteiger partial charge on any atom is 0.275 e. The third kappa shape index (κ3) is 5.68. The molecule has 8 heteroatoms. The molecule has 0 aliphatic carbocycles. The molecule has 1 heterocycles. The zero-order chi connectivity index (χ0) is 20.8. The molecule has 1 saturated heterocycles. The lowest BCUT2D eigenvalue weighted by Gasteiger charge is -2.33. The average molecular weight is 398 g/mol. The van der Waals surface area contributed by atoms with Gasteiger partial charge in [0.1, 0.15) is 0 Å². The Morgan fingerprint density at radius 3 is 2.28 bits per heavy atom. The molecule has 1 fully saturated rings. The highest BCUT2D eigenvalue weighted by atomic mass is 16.6. The summed E-state index contributed by atoms with van der Waals surface area (Å²) in [6, 6.07) is 14.8. The summed E-state index contributed by atoms with van der Waals surface area (Å²) in [7, 11) is 4.00. The Labute approximate surface area is 170 Å². The predicted octanol–water partition coefficient (Wildman–Crippen LogP) is 0.682. The lowest BCUT2D eigenvalue weighted by molar-refractivity contribution is -0.892. The molecule has 8 nitrogen and oxygen atoms in total. The molecule has 0 unspecified atom stereocenters. The molecule has 0 spiro atoms. The Hall–Kier alpha value is -3.13. The van der Waals surface area contributed by atoms with E-state index in [-0.39, 0.29) is 16.5 Å². The number of hydrogen-bond acceptors (Lipinski definition) is 5. The maximum atomic E-state index is 12.3. The molecule has 2 N–H and O–H groups in total. The van der Waals surface area contributed by atoms with E-state index in [0.29, 0.717) is 13.1 Å². The topological polar surface area (TPSA) is 83.2 Å². The fourth-order valence-electron chi connectivity index (χ4n) is 3.45. The normalized spacial score (nSPS) is 14.5. The maximum absolute atomic E-state index is 12.3. The number of non-ortho nitro benzene ring substituents is 1. The van der Waals surface area contributed by atoms with Crippen LogP contribution in [0.15, 0.2) is 48.5 Å². The summed E-state index contributed by atoms with van der Waals surface area (Å²) in [6.45, 7) is 4.38. The van der Waals surface area contributed by atoms with Crippen molar-refractivity contribution < 1.29 is 14.6 Å². The van der Waals surface area contributed by atoms with E-state index < -0.39 is 0 Å². The summed E-state index contributed by atoms with van der Waals surface area (Å²) >= 11 is 0. The Morgan fingerprint density at radius 1 is 1.10 bits per heavy atom. The molecule has 29 heavy (non-hydrogen) atoms. The Bertz CT molecular complexity index is 828. The fourth-order valence-corrected chi connectivity index (χ4v) is 3.45. The van der Waals surface area contributed by atoms with Gasteiger partial charge in [0, 0.05) is 44.1 Å². The van der Waals surface area contributed by atoms with Gasteiger partial charge in [0.15, 0.2) is 6.54 Å². The van der Waals surface area contributed by atoms with Crippen LogP contribution in [0.1, 0.15) is 5.56 Å². The highest BCUT2D eigenvalue weighted by Gasteiger charge is 2.22. The van der Waals surface area contributed by atoms with Gasteiger partial charge in [-0.15, -0.1) is 0 Å². The van der Waals surface area contributed by atoms with Gasteiger partial charge in [-0.25, -0.2) is 0 Å². The number of hydrogen-bond donors (Lipinski definition) is 2. The number of quaternary nitrogens is 1. The van der Waals surface area contributed by atoms with Crippen molar-refractivity contribution in [2.75, 3.05) is 56.6 Å². The summed E-state index contributed by atoms with van der Waals surface area (Å²) < 4.78 is 0. The minimum Gasteiger partial charge on any atom is -0.378 e. The molecule has 2 aromatic carbocycles. The summed E-state index contributed by atoms with van der Waals surface area (Å²) in [5, 5.41) is 13.8. The molecule has 0 atom stereocenters. The SMILES string of the molecule is CN(C)c1ccc(CNC(=O)C[NH+]2CCN(c3ccc([N+](=O)[O-])cc3)CC2)cc1. The van der Waals surface area contributed by atoms with Crippen LogP contribution in [0, 0.1) is 10.1 Å². The number of rotatable bonds is 7. The first-order valence-electron chi connectivity index (χ1n) is 9.78. The van der Waals surface area contributed by atoms with E-state index in [2.05, 4.69) is 10.2 Å². The number of anilines is 2. The summed E-state index contributed by atoms with van der Waals surface area (Å²) in [5.74, 6) is 0.0560. The van der Waals surface area contributed by atoms with Crippen molar-refractivity contribution in [3.63, 3.8) is 0 Å². The van der Waals surface area contributed by atoms with Crippen LogP contribution in [0.3, 0.4) is 0 Å². The van der Waals surface area contributed by atoms with Gasteiger partial charge in [0.25, 0.3) is 11.6 Å². The molecule has 1 amide bonds. The second kappa shape index (κ2) is 9.38. The Balaban J connectivity index is 1.41. The van der Waals surface area contributed by atoms with Crippen LogP contribution in [0.25, 0.3) is 0 Å². The zero-order valence-electron chi connectivity index (χ0n) is 16.9. The van der Waals surface area contributed by atoms with E-state index in [1.807, 2.05) is 43.3 Å². The second-order valence-electron chi connectivity index (χ2n) is 7.52. The van der Waals surface area contributed by atoms with Gasteiger partial charge in [-0.2, -0.15) is 0 Å². The number of carbonyl (C=O) groups is 1. The van der Waals surface area contributed by atoms with E-state index in [1.165, 1.54) is 17.0 Å². The summed E-state index contributed by atoms with van der Waals surface area (Å²) in [6.07, 6.45) is 0. The Morgan fingerprint density at radius 2 is 1.72 bits per heavy atom. The van der Waals surface area contributed by atoms with Gasteiger partial charge in [-0.3, -0.25) is 14.9 Å². The van der Waals surface area contributed by atoms with Gasteiger partial charge in [0.05, 0.1) is 31.1 Å². The van der Waals surface area contributed by atoms with Gasteiger partial charge < -0.3 is 20.0 Å². The van der Waals surface area contributed by atoms with E-state index in [1.54, 1.807) is 12.1 Å². The van der Waals surface area contributed by atoms with Crippen LogP contribution in [0.5, 0.6) is 0 Å². The van der Waals surface area contributed by atoms with Crippen molar-refractivity contribution in [3.8, 4) is 0 Å². The van der Waals surface area contributed by atoms with E-state index in [9.17, 15) is 14.9 Å². The second-order valence-corrected chi connectivity index (χ2v) is 7.52. The summed E-state index contributed by atoms with van der Waals surface area (Å²) in [5.41, 5.74) is 3.31. The van der Waals surface area contributed by atoms with E-state index in [0.717, 1.165) is 43.1 Å². The molecule has 0 saturated carbocycles. The quantitative estimate of drug-likeness (QED) is 0.530. The molecule has 1 aliphatic heterocycles. The van der Waals surface area contributed by atoms with E-state index >= 15 is 0 Å².